The fourth-order valence-corrected chi connectivity index (χ4v) is 5.11. The molecule has 1 unspecified atom stereocenters. The molecular formula is C11H22O5Si. The van der Waals surface area contributed by atoms with E-state index in [1.54, 1.807) is 0 Å². The molecule has 0 aromatic carbocycles. The zero-order valence-electron chi connectivity index (χ0n) is 10.9. The summed E-state index contributed by atoms with van der Waals surface area (Å²) in [6, 6.07) is 0. The zero-order chi connectivity index (χ0) is 12.7. The molecule has 1 saturated heterocycles. The van der Waals surface area contributed by atoms with E-state index in [0.29, 0.717) is 32.8 Å². The van der Waals surface area contributed by atoms with E-state index < -0.39 is 8.80 Å². The molecule has 0 aliphatic carbocycles. The molecule has 1 atom stereocenters. The van der Waals surface area contributed by atoms with Crippen molar-refractivity contribution >= 4 is 14.8 Å². The van der Waals surface area contributed by atoms with E-state index in [9.17, 15) is 4.79 Å². The summed E-state index contributed by atoms with van der Waals surface area (Å²) in [6.45, 7) is 7.81. The first-order valence-corrected chi connectivity index (χ1v) is 8.06. The van der Waals surface area contributed by atoms with Crippen LogP contribution in [-0.4, -0.2) is 41.2 Å². The Labute approximate surface area is 104 Å². The molecule has 0 N–H and O–H groups in total. The lowest BCUT2D eigenvalue weighted by Crippen LogP contribution is -2.52. The van der Waals surface area contributed by atoms with Crippen LogP contribution in [0.3, 0.4) is 0 Å². The van der Waals surface area contributed by atoms with Gasteiger partial charge < -0.3 is 18.0 Å². The van der Waals surface area contributed by atoms with Gasteiger partial charge in [-0.3, -0.25) is 4.79 Å². The first kappa shape index (κ1) is 14.6. The van der Waals surface area contributed by atoms with E-state index in [1.165, 1.54) is 0 Å². The van der Waals surface area contributed by atoms with E-state index >= 15 is 0 Å². The molecule has 0 spiro atoms. The highest BCUT2D eigenvalue weighted by Gasteiger charge is 2.51. The number of esters is 1. The number of hydrogen-bond donors (Lipinski definition) is 0. The molecule has 0 saturated carbocycles. The van der Waals surface area contributed by atoms with Crippen molar-refractivity contribution in [2.24, 2.45) is 0 Å². The van der Waals surface area contributed by atoms with Crippen molar-refractivity contribution in [3.05, 3.63) is 0 Å². The fourth-order valence-electron chi connectivity index (χ4n) is 2.06. The number of carbonyl (C=O) groups excluding carboxylic acids is 1. The van der Waals surface area contributed by atoms with Gasteiger partial charge in [0.15, 0.2) is 0 Å². The molecule has 0 radical (unpaired) electrons. The number of hydrogen-bond acceptors (Lipinski definition) is 5. The van der Waals surface area contributed by atoms with Crippen molar-refractivity contribution in [3.8, 4) is 0 Å². The van der Waals surface area contributed by atoms with Crippen LogP contribution in [0.4, 0.5) is 0 Å². The average molecular weight is 262 g/mol. The maximum absolute atomic E-state index is 11.4. The minimum atomic E-state index is -2.74. The van der Waals surface area contributed by atoms with Crippen molar-refractivity contribution in [1.29, 1.82) is 0 Å². The monoisotopic (exact) mass is 262 g/mol. The summed E-state index contributed by atoms with van der Waals surface area (Å²) in [6.07, 6.45) is 1.10. The van der Waals surface area contributed by atoms with E-state index in [1.807, 2.05) is 20.8 Å². The van der Waals surface area contributed by atoms with Crippen molar-refractivity contribution in [3.63, 3.8) is 0 Å². The van der Waals surface area contributed by atoms with Crippen LogP contribution in [0.25, 0.3) is 0 Å². The fraction of sp³-hybridized carbons (Fsp3) is 0.909. The smallest absolute Gasteiger partial charge is 0.466 e. The lowest BCUT2D eigenvalue weighted by atomic mass is 10.2. The van der Waals surface area contributed by atoms with Gasteiger partial charge in [0, 0.05) is 25.4 Å². The van der Waals surface area contributed by atoms with E-state index in [0.717, 1.165) is 6.42 Å². The third-order valence-electron chi connectivity index (χ3n) is 2.68. The van der Waals surface area contributed by atoms with Gasteiger partial charge in [0.25, 0.3) is 0 Å². The van der Waals surface area contributed by atoms with Crippen LogP contribution in [0.15, 0.2) is 0 Å². The van der Waals surface area contributed by atoms with E-state index in [-0.39, 0.29) is 11.5 Å². The molecule has 5 nitrogen and oxygen atoms in total. The molecular weight excluding hydrogens is 240 g/mol. The van der Waals surface area contributed by atoms with Crippen LogP contribution in [0.2, 0.25) is 5.54 Å². The van der Waals surface area contributed by atoms with Crippen LogP contribution >= 0.6 is 0 Å². The predicted molar refractivity (Wildman–Crippen MR) is 64.6 cm³/mol. The Hall–Kier alpha value is -0.433. The lowest BCUT2D eigenvalue weighted by molar-refractivity contribution is -0.147. The molecule has 1 aliphatic rings. The van der Waals surface area contributed by atoms with Gasteiger partial charge in [0.2, 0.25) is 0 Å². The molecule has 1 fully saturated rings. The Kier molecular flexibility index (Phi) is 6.11. The maximum atomic E-state index is 11.4. The van der Waals surface area contributed by atoms with Gasteiger partial charge in [-0.05, 0) is 27.2 Å². The molecule has 1 rings (SSSR count). The molecule has 0 aromatic heterocycles. The second kappa shape index (κ2) is 7.10. The molecule has 100 valence electrons. The molecule has 6 heteroatoms. The summed E-state index contributed by atoms with van der Waals surface area (Å²) in [5, 5.41) is 0. The van der Waals surface area contributed by atoms with Crippen molar-refractivity contribution in [1.82, 2.24) is 0 Å². The quantitative estimate of drug-likeness (QED) is 0.517. The Morgan fingerprint density at radius 2 is 1.71 bits per heavy atom. The van der Waals surface area contributed by atoms with Gasteiger partial charge in [-0.2, -0.15) is 0 Å². The number of rotatable bonds is 7. The van der Waals surface area contributed by atoms with Gasteiger partial charge in [-0.15, -0.1) is 0 Å². The van der Waals surface area contributed by atoms with Crippen molar-refractivity contribution in [2.45, 2.75) is 39.2 Å². The highest BCUT2D eigenvalue weighted by Crippen LogP contribution is 2.35. The Morgan fingerprint density at radius 1 is 1.18 bits per heavy atom. The summed E-state index contributed by atoms with van der Waals surface area (Å²) in [5.41, 5.74) is 0.0311. The molecule has 1 aliphatic heterocycles. The molecule has 0 aromatic rings. The van der Waals surface area contributed by atoms with E-state index in [2.05, 4.69) is 0 Å². The number of carbonyl (C=O) groups is 1. The van der Waals surface area contributed by atoms with Crippen LogP contribution in [0, 0.1) is 0 Å². The average Bonchev–Trinajstić information content (AvgIpc) is 2.30. The van der Waals surface area contributed by atoms with Gasteiger partial charge in [0.05, 0.1) is 13.0 Å². The van der Waals surface area contributed by atoms with Crippen LogP contribution in [0.5, 0.6) is 0 Å². The van der Waals surface area contributed by atoms with E-state index in [4.69, 9.17) is 18.0 Å². The maximum Gasteiger partial charge on any atom is 0.504 e. The topological polar surface area (TPSA) is 54.0 Å². The largest absolute Gasteiger partial charge is 0.504 e. The minimum Gasteiger partial charge on any atom is -0.466 e. The van der Waals surface area contributed by atoms with Crippen molar-refractivity contribution in [2.75, 3.05) is 26.4 Å². The van der Waals surface area contributed by atoms with Gasteiger partial charge in [-0.1, -0.05) is 0 Å². The van der Waals surface area contributed by atoms with Gasteiger partial charge in [-0.25, -0.2) is 0 Å². The Morgan fingerprint density at radius 3 is 2.12 bits per heavy atom. The normalized spacial score (nSPS) is 21.4. The summed E-state index contributed by atoms with van der Waals surface area (Å²) >= 11 is 0. The second-order valence-electron chi connectivity index (χ2n) is 3.81. The summed E-state index contributed by atoms with van der Waals surface area (Å²) in [7, 11) is -2.74. The Bertz CT molecular complexity index is 229. The molecule has 17 heavy (non-hydrogen) atoms. The highest BCUT2D eigenvalue weighted by molar-refractivity contribution is 6.62. The first-order chi connectivity index (χ1) is 8.18. The summed E-state index contributed by atoms with van der Waals surface area (Å²) in [4.78, 5) is 11.4. The zero-order valence-corrected chi connectivity index (χ0v) is 11.9. The standard InChI is InChI=1S/C11H22O5Si/c1-4-14-17(15-5-2,16-6-3)10-7-8-13-11(12)9-10/h10H,4-9H2,1-3H3. The lowest BCUT2D eigenvalue weighted by Gasteiger charge is -2.36. The van der Waals surface area contributed by atoms with Crippen LogP contribution in [0.1, 0.15) is 33.6 Å². The minimum absolute atomic E-state index is 0.0311. The molecule has 0 amide bonds. The number of ether oxygens (including phenoxy) is 1. The van der Waals surface area contributed by atoms with Gasteiger partial charge >= 0.3 is 14.8 Å². The third kappa shape index (κ3) is 3.77. The van der Waals surface area contributed by atoms with Gasteiger partial charge in [0.1, 0.15) is 0 Å². The first-order valence-electron chi connectivity index (χ1n) is 6.26. The Balaban J connectivity index is 2.80. The SMILES string of the molecule is CCO[Si](OCC)(OCC)C1CCOC(=O)C1. The second-order valence-corrected chi connectivity index (χ2v) is 6.70. The molecule has 0 bridgehead atoms. The third-order valence-corrected chi connectivity index (χ3v) is 6.24. The summed E-state index contributed by atoms with van der Waals surface area (Å²) in [5.74, 6) is -0.183. The van der Waals surface area contributed by atoms with Crippen LogP contribution < -0.4 is 0 Å². The highest BCUT2D eigenvalue weighted by atomic mass is 28.4. The van der Waals surface area contributed by atoms with Crippen molar-refractivity contribution < 1.29 is 22.8 Å². The van der Waals surface area contributed by atoms with Crippen LogP contribution in [-0.2, 0) is 22.8 Å². The number of cyclic esters (lactones) is 1. The molecule has 1 heterocycles. The predicted octanol–water partition coefficient (Wildman–Crippen LogP) is 1.74. The summed E-state index contributed by atoms with van der Waals surface area (Å²) < 4.78 is 22.3.